The van der Waals surface area contributed by atoms with Gasteiger partial charge >= 0.3 is 0 Å². The normalized spacial score (nSPS) is 10.0. The molecule has 0 aliphatic carbocycles. The third kappa shape index (κ3) is 5.81. The summed E-state index contributed by atoms with van der Waals surface area (Å²) in [4.78, 5) is 27.9. The van der Waals surface area contributed by atoms with E-state index in [1.54, 1.807) is 19.2 Å². The lowest BCUT2D eigenvalue weighted by Crippen LogP contribution is -2.31. The number of anilines is 1. The second-order valence-electron chi connectivity index (χ2n) is 4.69. The van der Waals surface area contributed by atoms with E-state index in [4.69, 9.17) is 0 Å². The van der Waals surface area contributed by atoms with Crippen LogP contribution in [0, 0.1) is 0 Å². The highest BCUT2D eigenvalue weighted by atomic mass is 16.2. The average Bonchev–Trinajstić information content (AvgIpc) is 2.52. The highest BCUT2D eigenvalue weighted by Gasteiger charge is 2.09. The molecule has 0 fully saturated rings. The van der Waals surface area contributed by atoms with Crippen LogP contribution in [0.5, 0.6) is 0 Å². The molecule has 0 aliphatic rings. The Kier molecular flexibility index (Phi) is 7.21. The van der Waals surface area contributed by atoms with E-state index in [0.29, 0.717) is 24.5 Å². The second-order valence-corrected chi connectivity index (χ2v) is 4.69. The Morgan fingerprint density at radius 1 is 1.14 bits per heavy atom. The number of rotatable bonds is 8. The van der Waals surface area contributed by atoms with Gasteiger partial charge in [0.25, 0.3) is 5.91 Å². The molecule has 21 heavy (non-hydrogen) atoms. The van der Waals surface area contributed by atoms with Crippen molar-refractivity contribution in [3.63, 3.8) is 0 Å². The van der Waals surface area contributed by atoms with Crippen LogP contribution in [0.3, 0.4) is 0 Å². The van der Waals surface area contributed by atoms with Crippen molar-refractivity contribution in [2.45, 2.75) is 33.1 Å². The SMILES string of the molecule is CCCNC(=O)CCNC(=O)c1cc(CC)nc(NC)c1. The van der Waals surface area contributed by atoms with Gasteiger partial charge in [0.05, 0.1) is 0 Å². The summed E-state index contributed by atoms with van der Waals surface area (Å²) in [6.07, 6.45) is 1.95. The number of aromatic nitrogens is 1. The maximum atomic E-state index is 12.1. The van der Waals surface area contributed by atoms with Crippen LogP contribution in [0.25, 0.3) is 0 Å². The largest absolute Gasteiger partial charge is 0.373 e. The van der Waals surface area contributed by atoms with Crippen LogP contribution < -0.4 is 16.0 Å². The fraction of sp³-hybridized carbons (Fsp3) is 0.533. The molecule has 0 atom stereocenters. The molecule has 0 bridgehead atoms. The van der Waals surface area contributed by atoms with Crippen molar-refractivity contribution in [1.29, 1.82) is 0 Å². The van der Waals surface area contributed by atoms with Gasteiger partial charge in [-0.3, -0.25) is 9.59 Å². The number of nitrogens with one attached hydrogen (secondary N) is 3. The summed E-state index contributed by atoms with van der Waals surface area (Å²) >= 11 is 0. The zero-order valence-electron chi connectivity index (χ0n) is 13.0. The van der Waals surface area contributed by atoms with Crippen LogP contribution in [0.2, 0.25) is 0 Å². The topological polar surface area (TPSA) is 83.1 Å². The molecule has 0 saturated carbocycles. The van der Waals surface area contributed by atoms with Crippen molar-refractivity contribution in [2.24, 2.45) is 0 Å². The van der Waals surface area contributed by atoms with Crippen LogP contribution in [-0.4, -0.2) is 36.9 Å². The summed E-state index contributed by atoms with van der Waals surface area (Å²) in [7, 11) is 1.77. The Morgan fingerprint density at radius 2 is 1.90 bits per heavy atom. The fourth-order valence-corrected chi connectivity index (χ4v) is 1.77. The number of pyridine rings is 1. The van der Waals surface area contributed by atoms with Crippen molar-refractivity contribution < 1.29 is 9.59 Å². The molecule has 1 aromatic rings. The Morgan fingerprint density at radius 3 is 2.52 bits per heavy atom. The number of hydrogen-bond donors (Lipinski definition) is 3. The molecule has 0 saturated heterocycles. The maximum absolute atomic E-state index is 12.1. The zero-order valence-corrected chi connectivity index (χ0v) is 13.0. The number of hydrogen-bond acceptors (Lipinski definition) is 4. The number of amides is 2. The third-order valence-electron chi connectivity index (χ3n) is 2.97. The van der Waals surface area contributed by atoms with Crippen LogP contribution >= 0.6 is 0 Å². The molecule has 1 aromatic heterocycles. The minimum atomic E-state index is -0.188. The number of carbonyl (C=O) groups excluding carboxylic acids is 2. The van der Waals surface area contributed by atoms with Crippen molar-refractivity contribution in [1.82, 2.24) is 15.6 Å². The van der Waals surface area contributed by atoms with Gasteiger partial charge in [-0.05, 0) is 25.0 Å². The summed E-state index contributed by atoms with van der Waals surface area (Å²) in [5.74, 6) is 0.434. The second kappa shape index (κ2) is 8.94. The van der Waals surface area contributed by atoms with E-state index in [9.17, 15) is 9.59 Å². The molecule has 1 rings (SSSR count). The first-order valence-corrected chi connectivity index (χ1v) is 7.34. The first-order valence-electron chi connectivity index (χ1n) is 7.34. The van der Waals surface area contributed by atoms with Crippen molar-refractivity contribution in [3.05, 3.63) is 23.4 Å². The molecule has 116 valence electrons. The molecule has 0 radical (unpaired) electrons. The van der Waals surface area contributed by atoms with Crippen molar-refractivity contribution in [2.75, 3.05) is 25.5 Å². The summed E-state index contributed by atoms with van der Waals surface area (Å²) in [5, 5.41) is 8.46. The third-order valence-corrected chi connectivity index (χ3v) is 2.97. The van der Waals surface area contributed by atoms with E-state index >= 15 is 0 Å². The maximum Gasteiger partial charge on any atom is 0.251 e. The van der Waals surface area contributed by atoms with E-state index < -0.39 is 0 Å². The van der Waals surface area contributed by atoms with Crippen LogP contribution in [-0.2, 0) is 11.2 Å². The fourth-order valence-electron chi connectivity index (χ4n) is 1.77. The summed E-state index contributed by atoms with van der Waals surface area (Å²) < 4.78 is 0. The molecule has 6 nitrogen and oxygen atoms in total. The van der Waals surface area contributed by atoms with E-state index in [1.165, 1.54) is 0 Å². The minimum absolute atomic E-state index is 0.0444. The lowest BCUT2D eigenvalue weighted by molar-refractivity contribution is -0.120. The van der Waals surface area contributed by atoms with Gasteiger partial charge in [0.15, 0.2) is 0 Å². The lowest BCUT2D eigenvalue weighted by Gasteiger charge is -2.09. The molecule has 6 heteroatoms. The molecule has 3 N–H and O–H groups in total. The lowest BCUT2D eigenvalue weighted by atomic mass is 10.2. The average molecular weight is 292 g/mol. The van der Waals surface area contributed by atoms with Gasteiger partial charge in [0, 0.05) is 37.8 Å². The highest BCUT2D eigenvalue weighted by Crippen LogP contribution is 2.10. The summed E-state index contributed by atoms with van der Waals surface area (Å²) in [5.41, 5.74) is 1.41. The van der Waals surface area contributed by atoms with Gasteiger partial charge in [-0.2, -0.15) is 0 Å². The Labute approximate surface area is 125 Å². The predicted octanol–water partition coefficient (Wildman–Crippen LogP) is 1.33. The molecule has 2 amide bonds. The monoisotopic (exact) mass is 292 g/mol. The van der Waals surface area contributed by atoms with Gasteiger partial charge in [0.1, 0.15) is 5.82 Å². The predicted molar refractivity (Wildman–Crippen MR) is 83.4 cm³/mol. The van der Waals surface area contributed by atoms with Crippen LogP contribution in [0.15, 0.2) is 12.1 Å². The zero-order chi connectivity index (χ0) is 15.7. The number of nitrogens with zero attached hydrogens (tertiary/aromatic N) is 1. The van der Waals surface area contributed by atoms with Crippen molar-refractivity contribution in [3.8, 4) is 0 Å². The summed E-state index contributed by atoms with van der Waals surface area (Å²) in [6.45, 7) is 4.98. The van der Waals surface area contributed by atoms with Gasteiger partial charge in [-0.1, -0.05) is 13.8 Å². The van der Waals surface area contributed by atoms with Gasteiger partial charge in [0.2, 0.25) is 5.91 Å². The molecule has 0 spiro atoms. The Hall–Kier alpha value is -2.11. The summed E-state index contributed by atoms with van der Waals surface area (Å²) in [6, 6.07) is 3.47. The molecule has 0 aliphatic heterocycles. The van der Waals surface area contributed by atoms with E-state index in [-0.39, 0.29) is 18.2 Å². The van der Waals surface area contributed by atoms with Crippen LogP contribution in [0.4, 0.5) is 5.82 Å². The van der Waals surface area contributed by atoms with Gasteiger partial charge in [-0.15, -0.1) is 0 Å². The standard InChI is InChI=1S/C15H24N4O2/c1-4-7-17-14(20)6-8-18-15(21)11-9-12(5-2)19-13(10-11)16-3/h9-10H,4-8H2,1-3H3,(H,16,19)(H,17,20)(H,18,21). The van der Waals surface area contributed by atoms with E-state index in [0.717, 1.165) is 18.5 Å². The van der Waals surface area contributed by atoms with E-state index in [2.05, 4.69) is 20.9 Å². The smallest absolute Gasteiger partial charge is 0.251 e. The highest BCUT2D eigenvalue weighted by molar-refractivity contribution is 5.95. The van der Waals surface area contributed by atoms with E-state index in [1.807, 2.05) is 13.8 Å². The molecule has 0 aromatic carbocycles. The van der Waals surface area contributed by atoms with Gasteiger partial charge in [-0.25, -0.2) is 4.98 Å². The quantitative estimate of drug-likeness (QED) is 0.675. The molecule has 1 heterocycles. The molecular weight excluding hydrogens is 268 g/mol. The minimum Gasteiger partial charge on any atom is -0.373 e. The van der Waals surface area contributed by atoms with Crippen LogP contribution in [0.1, 0.15) is 42.7 Å². The first kappa shape index (κ1) is 16.9. The number of aryl methyl sites for hydroxylation is 1. The molecular formula is C15H24N4O2. The first-order chi connectivity index (χ1) is 10.1. The molecule has 0 unspecified atom stereocenters. The number of carbonyl (C=O) groups is 2. The Bertz CT molecular complexity index is 466. The Balaban J connectivity index is 2.53. The van der Waals surface area contributed by atoms with Crippen molar-refractivity contribution >= 4 is 17.6 Å². The van der Waals surface area contributed by atoms with Gasteiger partial charge < -0.3 is 16.0 Å².